The monoisotopic (exact) mass is 349 g/mol. The molecule has 0 amide bonds. The molecule has 1 N–H and O–H groups in total. The number of rotatable bonds is 4. The lowest BCUT2D eigenvalue weighted by molar-refractivity contribution is 0.407. The Bertz CT molecular complexity index is 1080. The van der Waals surface area contributed by atoms with Gasteiger partial charge in [-0.15, -0.1) is 0 Å². The number of aromatic hydroxyl groups is 1. The van der Waals surface area contributed by atoms with E-state index in [0.29, 0.717) is 23.2 Å². The Balaban J connectivity index is 1.76. The molecule has 0 fully saturated rings. The van der Waals surface area contributed by atoms with Crippen LogP contribution in [0.1, 0.15) is 19.9 Å². The summed E-state index contributed by atoms with van der Waals surface area (Å²) in [7, 11) is 1.53. The van der Waals surface area contributed by atoms with Crippen LogP contribution in [0, 0.1) is 0 Å². The third-order valence-electron chi connectivity index (χ3n) is 4.40. The maximum absolute atomic E-state index is 10.1. The zero-order valence-electron chi connectivity index (χ0n) is 14.8. The summed E-state index contributed by atoms with van der Waals surface area (Å²) in [6, 6.07) is 13.5. The summed E-state index contributed by atoms with van der Waals surface area (Å²) in [6.45, 7) is 4.30. The first-order chi connectivity index (χ1) is 12.6. The minimum atomic E-state index is 0.0427. The number of hydrogen-bond donors (Lipinski definition) is 1. The van der Waals surface area contributed by atoms with Crippen molar-refractivity contribution in [1.82, 2.24) is 14.7 Å². The van der Waals surface area contributed by atoms with Gasteiger partial charge in [-0.25, -0.2) is 0 Å². The average Bonchev–Trinajstić information content (AvgIpc) is 3.27. The molecule has 0 aliphatic carbocycles. The van der Waals surface area contributed by atoms with Crippen molar-refractivity contribution in [2.24, 2.45) is 0 Å². The third-order valence-corrected chi connectivity index (χ3v) is 4.40. The van der Waals surface area contributed by atoms with Gasteiger partial charge in [-0.1, -0.05) is 11.2 Å². The zero-order valence-corrected chi connectivity index (χ0v) is 14.8. The van der Waals surface area contributed by atoms with Crippen molar-refractivity contribution in [1.29, 1.82) is 0 Å². The fraction of sp³-hybridized carbons (Fsp3) is 0.200. The molecule has 0 saturated heterocycles. The first-order valence-corrected chi connectivity index (χ1v) is 8.39. The summed E-state index contributed by atoms with van der Waals surface area (Å²) in [5.74, 6) is 1.21. The number of hydrogen-bond acceptors (Lipinski definition) is 5. The topological polar surface area (TPSA) is 73.3 Å². The Morgan fingerprint density at radius 2 is 2.00 bits per heavy atom. The molecule has 2 heterocycles. The summed E-state index contributed by atoms with van der Waals surface area (Å²) in [5, 5.41) is 15.3. The van der Waals surface area contributed by atoms with Crippen molar-refractivity contribution in [3.63, 3.8) is 0 Å². The summed E-state index contributed by atoms with van der Waals surface area (Å²) < 4.78 is 12.9. The van der Waals surface area contributed by atoms with Crippen LogP contribution in [0.3, 0.4) is 0 Å². The van der Waals surface area contributed by atoms with Gasteiger partial charge < -0.3 is 18.9 Å². The number of methoxy groups -OCH3 is 1. The van der Waals surface area contributed by atoms with E-state index >= 15 is 0 Å². The van der Waals surface area contributed by atoms with Crippen LogP contribution in [0.2, 0.25) is 0 Å². The SMILES string of the molecule is COc1cccc(O)c1-c1noc(-c2ccc3c(ccn3C(C)C)c2)n1. The summed E-state index contributed by atoms with van der Waals surface area (Å²) in [6.07, 6.45) is 2.07. The van der Waals surface area contributed by atoms with Crippen molar-refractivity contribution in [3.05, 3.63) is 48.7 Å². The van der Waals surface area contributed by atoms with Gasteiger partial charge in [0.05, 0.1) is 7.11 Å². The predicted octanol–water partition coefficient (Wildman–Crippen LogP) is 4.65. The van der Waals surface area contributed by atoms with Crippen molar-refractivity contribution < 1.29 is 14.4 Å². The minimum absolute atomic E-state index is 0.0427. The van der Waals surface area contributed by atoms with Gasteiger partial charge in [-0.2, -0.15) is 4.98 Å². The highest BCUT2D eigenvalue weighted by Gasteiger charge is 2.18. The highest BCUT2D eigenvalue weighted by atomic mass is 16.5. The minimum Gasteiger partial charge on any atom is -0.507 e. The van der Waals surface area contributed by atoms with Gasteiger partial charge in [0.2, 0.25) is 5.82 Å². The van der Waals surface area contributed by atoms with Gasteiger partial charge in [0, 0.05) is 28.7 Å². The van der Waals surface area contributed by atoms with E-state index in [0.717, 1.165) is 16.5 Å². The maximum atomic E-state index is 10.1. The first kappa shape index (κ1) is 16.2. The van der Waals surface area contributed by atoms with Crippen LogP contribution in [0.5, 0.6) is 11.5 Å². The standard InChI is InChI=1S/C20H19N3O3/c1-12(2)23-10-9-13-11-14(7-8-15(13)23)20-21-19(22-26-20)18-16(24)5-4-6-17(18)25-3/h4-12,24H,1-3H3. The second-order valence-corrected chi connectivity index (χ2v) is 6.37. The second kappa shape index (κ2) is 6.22. The van der Waals surface area contributed by atoms with Crippen LogP contribution in [0.25, 0.3) is 33.7 Å². The largest absolute Gasteiger partial charge is 0.507 e. The molecule has 2 aromatic carbocycles. The van der Waals surface area contributed by atoms with Gasteiger partial charge in [-0.05, 0) is 50.2 Å². The van der Waals surface area contributed by atoms with E-state index in [9.17, 15) is 5.11 Å². The zero-order chi connectivity index (χ0) is 18.3. The molecule has 0 aliphatic rings. The Hall–Kier alpha value is -3.28. The highest BCUT2D eigenvalue weighted by molar-refractivity contribution is 5.84. The molecule has 132 valence electrons. The molecular formula is C20H19N3O3. The molecule has 6 heteroatoms. The second-order valence-electron chi connectivity index (χ2n) is 6.37. The van der Waals surface area contributed by atoms with Crippen LogP contribution in [-0.2, 0) is 0 Å². The first-order valence-electron chi connectivity index (χ1n) is 8.39. The van der Waals surface area contributed by atoms with E-state index in [1.165, 1.54) is 7.11 Å². The normalized spacial score (nSPS) is 11.4. The smallest absolute Gasteiger partial charge is 0.258 e. The van der Waals surface area contributed by atoms with Crippen LogP contribution in [-0.4, -0.2) is 26.9 Å². The molecule has 0 spiro atoms. The number of benzene rings is 2. The van der Waals surface area contributed by atoms with Gasteiger partial charge in [0.15, 0.2) is 0 Å². The number of ether oxygens (including phenoxy) is 1. The lowest BCUT2D eigenvalue weighted by Gasteiger charge is -2.09. The van der Waals surface area contributed by atoms with Crippen LogP contribution in [0.15, 0.2) is 53.2 Å². The summed E-state index contributed by atoms with van der Waals surface area (Å²) >= 11 is 0. The average molecular weight is 349 g/mol. The molecule has 4 aromatic rings. The van der Waals surface area contributed by atoms with Crippen molar-refractivity contribution in [3.8, 4) is 34.3 Å². The lowest BCUT2D eigenvalue weighted by atomic mass is 10.1. The number of aromatic nitrogens is 3. The number of fused-ring (bicyclic) bond motifs is 1. The molecule has 26 heavy (non-hydrogen) atoms. The van der Waals surface area contributed by atoms with Crippen molar-refractivity contribution >= 4 is 10.9 Å². The van der Waals surface area contributed by atoms with Gasteiger partial charge in [0.1, 0.15) is 17.1 Å². The lowest BCUT2D eigenvalue weighted by Crippen LogP contribution is -1.97. The van der Waals surface area contributed by atoms with E-state index in [2.05, 4.69) is 46.9 Å². The quantitative estimate of drug-likeness (QED) is 0.580. The highest BCUT2D eigenvalue weighted by Crippen LogP contribution is 2.37. The van der Waals surface area contributed by atoms with Crippen molar-refractivity contribution in [2.45, 2.75) is 19.9 Å². The number of phenolic OH excluding ortho intramolecular Hbond substituents is 1. The molecule has 0 bridgehead atoms. The summed E-state index contributed by atoms with van der Waals surface area (Å²) in [5.41, 5.74) is 2.40. The van der Waals surface area contributed by atoms with Gasteiger partial charge >= 0.3 is 0 Å². The summed E-state index contributed by atoms with van der Waals surface area (Å²) in [4.78, 5) is 4.44. The Morgan fingerprint density at radius 1 is 1.15 bits per heavy atom. The van der Waals surface area contributed by atoms with Gasteiger partial charge in [0.25, 0.3) is 5.89 Å². The van der Waals surface area contributed by atoms with E-state index in [1.807, 2.05) is 12.1 Å². The Labute approximate surface area is 150 Å². The number of nitrogens with zero attached hydrogens (tertiary/aromatic N) is 3. The van der Waals surface area contributed by atoms with E-state index in [4.69, 9.17) is 9.26 Å². The van der Waals surface area contributed by atoms with E-state index in [1.54, 1.807) is 18.2 Å². The van der Waals surface area contributed by atoms with Gasteiger partial charge in [-0.3, -0.25) is 0 Å². The molecule has 0 saturated carbocycles. The van der Waals surface area contributed by atoms with Crippen LogP contribution >= 0.6 is 0 Å². The molecule has 0 unspecified atom stereocenters. The molecule has 0 atom stereocenters. The fourth-order valence-electron chi connectivity index (χ4n) is 3.10. The van der Waals surface area contributed by atoms with E-state index < -0.39 is 0 Å². The Kier molecular flexibility index (Phi) is 3.88. The van der Waals surface area contributed by atoms with Crippen molar-refractivity contribution in [2.75, 3.05) is 7.11 Å². The van der Waals surface area contributed by atoms with Crippen LogP contribution in [0.4, 0.5) is 0 Å². The molecule has 0 radical (unpaired) electrons. The number of phenols is 1. The predicted molar refractivity (Wildman–Crippen MR) is 99.3 cm³/mol. The maximum Gasteiger partial charge on any atom is 0.258 e. The van der Waals surface area contributed by atoms with E-state index in [-0.39, 0.29) is 11.6 Å². The molecule has 2 aromatic heterocycles. The molecular weight excluding hydrogens is 330 g/mol. The molecule has 4 rings (SSSR count). The fourth-order valence-corrected chi connectivity index (χ4v) is 3.10. The molecule has 0 aliphatic heterocycles. The third kappa shape index (κ3) is 2.60. The molecule has 6 nitrogen and oxygen atoms in total. The Morgan fingerprint density at radius 3 is 2.77 bits per heavy atom. The van der Waals surface area contributed by atoms with Crippen LogP contribution < -0.4 is 4.74 Å².